The van der Waals surface area contributed by atoms with E-state index in [1.165, 1.54) is 126 Å². The third-order valence-corrected chi connectivity index (χ3v) is 9.37. The summed E-state index contributed by atoms with van der Waals surface area (Å²) >= 11 is 0. The van der Waals surface area contributed by atoms with Crippen molar-refractivity contribution in [3.8, 4) is 39.1 Å². The van der Waals surface area contributed by atoms with Gasteiger partial charge in [0.05, 0.1) is 0 Å². The van der Waals surface area contributed by atoms with E-state index >= 15 is 0 Å². The average molecular weight is 591 g/mol. The molecule has 0 unspecified atom stereocenters. The summed E-state index contributed by atoms with van der Waals surface area (Å²) in [6.07, 6.45) is 15.0. The average Bonchev–Trinajstić information content (AvgIpc) is 3.09. The minimum absolute atomic E-state index is 0.285. The monoisotopic (exact) mass is 590 g/mol. The molecule has 1 nitrogen and oxygen atoms in total. The quantitative estimate of drug-likeness (QED) is 0.0988. The molecule has 0 amide bonds. The van der Waals surface area contributed by atoms with Crippen molar-refractivity contribution in [2.45, 2.75) is 77.6 Å². The number of unbranched alkanes of at least 4 members (excludes halogenated alkanes) is 9. The Hall–Kier alpha value is -4.36. The van der Waals surface area contributed by atoms with Crippen LogP contribution < -0.4 is 0 Å². The molecule has 45 heavy (non-hydrogen) atoms. The minimum Gasteiger partial charge on any atom is -0.508 e. The fourth-order valence-electron chi connectivity index (χ4n) is 6.89. The van der Waals surface area contributed by atoms with Gasteiger partial charge in [-0.2, -0.15) is 0 Å². The van der Waals surface area contributed by atoms with Gasteiger partial charge in [-0.25, -0.2) is 0 Å². The number of hydrogen-bond donors (Lipinski definition) is 1. The van der Waals surface area contributed by atoms with Crippen LogP contribution in [0.2, 0.25) is 0 Å². The van der Waals surface area contributed by atoms with E-state index in [1.54, 1.807) is 12.1 Å². The largest absolute Gasteiger partial charge is 0.508 e. The topological polar surface area (TPSA) is 20.2 Å². The molecule has 1 N–H and O–H groups in total. The summed E-state index contributed by atoms with van der Waals surface area (Å²) in [4.78, 5) is 0. The molecular formula is C44H46O. The third kappa shape index (κ3) is 7.31. The van der Waals surface area contributed by atoms with Crippen LogP contribution in [0.4, 0.5) is 0 Å². The van der Waals surface area contributed by atoms with E-state index in [1.807, 2.05) is 12.1 Å². The maximum absolute atomic E-state index is 9.93. The molecular weight excluding hydrogens is 544 g/mol. The third-order valence-electron chi connectivity index (χ3n) is 9.37. The molecule has 0 aliphatic rings. The van der Waals surface area contributed by atoms with Crippen LogP contribution in [0.15, 0.2) is 121 Å². The molecule has 0 aromatic heterocycles. The lowest BCUT2D eigenvalue weighted by Crippen LogP contribution is -1.91. The molecule has 0 saturated carbocycles. The molecule has 6 aromatic carbocycles. The highest BCUT2D eigenvalue weighted by Gasteiger charge is 2.16. The molecule has 0 heterocycles. The van der Waals surface area contributed by atoms with Crippen LogP contribution in [0, 0.1) is 0 Å². The molecule has 6 aromatic rings. The highest BCUT2D eigenvalue weighted by Crippen LogP contribution is 2.44. The first kappa shape index (κ1) is 30.7. The Morgan fingerprint density at radius 2 is 0.733 bits per heavy atom. The van der Waals surface area contributed by atoms with Crippen molar-refractivity contribution in [3.05, 3.63) is 127 Å². The normalized spacial score (nSPS) is 11.4. The van der Waals surface area contributed by atoms with Gasteiger partial charge >= 0.3 is 0 Å². The van der Waals surface area contributed by atoms with Gasteiger partial charge in [0.15, 0.2) is 0 Å². The Balaban J connectivity index is 1.17. The van der Waals surface area contributed by atoms with Crippen molar-refractivity contribution >= 4 is 21.5 Å². The first-order valence-electron chi connectivity index (χ1n) is 17.2. The lowest BCUT2D eigenvalue weighted by atomic mass is 9.85. The highest BCUT2D eigenvalue weighted by molar-refractivity contribution is 6.21. The summed E-state index contributed by atoms with van der Waals surface area (Å²) in [7, 11) is 0. The number of aromatic hydroxyl groups is 1. The molecule has 0 atom stereocenters. The number of phenolic OH excluding ortho intramolecular Hbond substituents is 1. The maximum atomic E-state index is 9.93. The molecule has 0 aliphatic carbocycles. The molecule has 1 heteroatoms. The second-order valence-corrected chi connectivity index (χ2v) is 12.6. The van der Waals surface area contributed by atoms with Crippen LogP contribution in [-0.2, 0) is 6.42 Å². The second-order valence-electron chi connectivity index (χ2n) is 12.6. The van der Waals surface area contributed by atoms with Gasteiger partial charge in [-0.1, -0.05) is 174 Å². The summed E-state index contributed by atoms with van der Waals surface area (Å²) < 4.78 is 0. The highest BCUT2D eigenvalue weighted by atomic mass is 16.3. The van der Waals surface area contributed by atoms with Crippen molar-refractivity contribution in [1.82, 2.24) is 0 Å². The summed E-state index contributed by atoms with van der Waals surface area (Å²) in [5.74, 6) is 0.285. The smallest absolute Gasteiger partial charge is 0.115 e. The van der Waals surface area contributed by atoms with Gasteiger partial charge in [0.25, 0.3) is 0 Å². The predicted molar refractivity (Wildman–Crippen MR) is 195 cm³/mol. The van der Waals surface area contributed by atoms with Crippen LogP contribution in [0.25, 0.3) is 54.9 Å². The lowest BCUT2D eigenvalue weighted by molar-refractivity contribution is 0.475. The minimum atomic E-state index is 0.285. The van der Waals surface area contributed by atoms with Crippen molar-refractivity contribution in [1.29, 1.82) is 0 Å². The molecule has 0 saturated heterocycles. The molecule has 0 spiro atoms. The Morgan fingerprint density at radius 1 is 0.378 bits per heavy atom. The standard InChI is InChI=1S/C44H46O/c1-2-3-4-5-6-7-8-9-10-11-16-33-21-23-34(24-22-33)35-25-27-36(28-26-35)43-39-17-12-14-19-41(39)44(37-29-31-38(45)32-30-37)42-20-15-13-18-40(42)43/h12-15,17-32,45H,2-11,16H2,1H3. The first-order chi connectivity index (χ1) is 22.2. The van der Waals surface area contributed by atoms with Gasteiger partial charge < -0.3 is 5.11 Å². The fourth-order valence-corrected chi connectivity index (χ4v) is 6.89. The van der Waals surface area contributed by atoms with E-state index in [-0.39, 0.29) is 5.75 Å². The van der Waals surface area contributed by atoms with Crippen LogP contribution in [0.1, 0.15) is 76.7 Å². The van der Waals surface area contributed by atoms with Gasteiger partial charge in [-0.05, 0) is 85.5 Å². The van der Waals surface area contributed by atoms with Gasteiger partial charge in [-0.3, -0.25) is 0 Å². The number of hydrogen-bond acceptors (Lipinski definition) is 1. The lowest BCUT2D eigenvalue weighted by Gasteiger charge is -2.18. The van der Waals surface area contributed by atoms with Gasteiger partial charge in [0.2, 0.25) is 0 Å². The second kappa shape index (κ2) is 15.1. The molecule has 0 aliphatic heterocycles. The molecule has 0 radical (unpaired) electrons. The van der Waals surface area contributed by atoms with Crippen LogP contribution in [0.5, 0.6) is 5.75 Å². The predicted octanol–water partition coefficient (Wildman–Crippen LogP) is 13.2. The van der Waals surface area contributed by atoms with E-state index in [4.69, 9.17) is 0 Å². The van der Waals surface area contributed by atoms with Crippen LogP contribution in [0.3, 0.4) is 0 Å². The number of rotatable bonds is 14. The zero-order valence-electron chi connectivity index (χ0n) is 26.8. The molecule has 0 fully saturated rings. The van der Waals surface area contributed by atoms with Crippen LogP contribution in [-0.4, -0.2) is 5.11 Å². The Morgan fingerprint density at radius 3 is 1.18 bits per heavy atom. The fraction of sp³-hybridized carbons (Fsp3) is 0.273. The van der Waals surface area contributed by atoms with Crippen molar-refractivity contribution in [3.63, 3.8) is 0 Å². The molecule has 6 rings (SSSR count). The number of benzene rings is 6. The van der Waals surface area contributed by atoms with E-state index < -0.39 is 0 Å². The van der Waals surface area contributed by atoms with Crippen molar-refractivity contribution in [2.24, 2.45) is 0 Å². The van der Waals surface area contributed by atoms with E-state index in [9.17, 15) is 5.11 Å². The summed E-state index contributed by atoms with van der Waals surface area (Å²) in [6.45, 7) is 2.29. The number of fused-ring (bicyclic) bond motifs is 2. The first-order valence-corrected chi connectivity index (χ1v) is 17.2. The summed E-state index contributed by atoms with van der Waals surface area (Å²) in [5, 5.41) is 14.9. The van der Waals surface area contributed by atoms with Crippen molar-refractivity contribution < 1.29 is 5.11 Å². The Kier molecular flexibility index (Phi) is 10.3. The summed E-state index contributed by atoms with van der Waals surface area (Å²) in [6, 6.07) is 43.3. The zero-order chi connectivity index (χ0) is 30.8. The van der Waals surface area contributed by atoms with Gasteiger partial charge in [0, 0.05) is 0 Å². The van der Waals surface area contributed by atoms with Crippen molar-refractivity contribution in [2.75, 3.05) is 0 Å². The van der Waals surface area contributed by atoms with Crippen LogP contribution >= 0.6 is 0 Å². The van der Waals surface area contributed by atoms with E-state index in [0.29, 0.717) is 0 Å². The number of phenols is 1. The number of aryl methyl sites for hydroxylation is 1. The zero-order valence-corrected chi connectivity index (χ0v) is 26.8. The van der Waals surface area contributed by atoms with Gasteiger partial charge in [-0.15, -0.1) is 0 Å². The Bertz CT molecular complexity index is 1750. The summed E-state index contributed by atoms with van der Waals surface area (Å²) in [5.41, 5.74) is 8.77. The van der Waals surface area contributed by atoms with Gasteiger partial charge in [0.1, 0.15) is 5.75 Å². The Labute approximate surface area is 269 Å². The molecule has 228 valence electrons. The molecule has 0 bridgehead atoms. The van der Waals surface area contributed by atoms with E-state index in [0.717, 1.165) is 5.56 Å². The van der Waals surface area contributed by atoms with E-state index in [2.05, 4.69) is 104 Å². The maximum Gasteiger partial charge on any atom is 0.115 e. The SMILES string of the molecule is CCCCCCCCCCCCc1ccc(-c2ccc(-c3c4ccccc4c(-c4ccc(O)cc4)c4ccccc34)cc2)cc1.